The molecule has 30 heavy (non-hydrogen) atoms. The molecule has 162 valence electrons. The molecule has 1 unspecified atom stereocenters. The zero-order valence-corrected chi connectivity index (χ0v) is 16.4. The normalized spacial score (nSPS) is 28.8. The molecule has 0 amide bonds. The summed E-state index contributed by atoms with van der Waals surface area (Å²) in [6.45, 7) is 0.408. The summed E-state index contributed by atoms with van der Waals surface area (Å²) in [5.41, 5.74) is 0.0428. The van der Waals surface area contributed by atoms with Gasteiger partial charge in [0.1, 0.15) is 17.4 Å². The Bertz CT molecular complexity index is 914. The SMILES string of the molecule is CN(C)[C@]1(c2cccc(F)c2)C[C@@]2(CN(c3ccc(OC(F)(F)F)cn3)C(O)N2)C1. The number of benzene rings is 1. The molecule has 1 aliphatic carbocycles. The molecule has 4 rings (SSSR count). The highest BCUT2D eigenvalue weighted by molar-refractivity contribution is 5.46. The number of ether oxygens (including phenoxy) is 1. The Morgan fingerprint density at radius 1 is 1.23 bits per heavy atom. The summed E-state index contributed by atoms with van der Waals surface area (Å²) in [5, 5.41) is 13.7. The van der Waals surface area contributed by atoms with E-state index in [1.165, 1.54) is 18.2 Å². The Labute approximate surface area is 171 Å². The monoisotopic (exact) mass is 426 g/mol. The first-order valence-corrected chi connectivity index (χ1v) is 9.40. The lowest BCUT2D eigenvalue weighted by molar-refractivity contribution is -0.274. The average Bonchev–Trinajstić information content (AvgIpc) is 2.96. The molecule has 0 bridgehead atoms. The van der Waals surface area contributed by atoms with Crippen LogP contribution in [0, 0.1) is 5.82 Å². The number of aliphatic hydroxyl groups excluding tert-OH is 1. The number of alkyl halides is 3. The van der Waals surface area contributed by atoms with Crippen molar-refractivity contribution < 1.29 is 27.4 Å². The number of hydrogen-bond acceptors (Lipinski definition) is 6. The van der Waals surface area contributed by atoms with Crippen LogP contribution in [0.5, 0.6) is 5.75 Å². The van der Waals surface area contributed by atoms with Crippen LogP contribution in [0.3, 0.4) is 0 Å². The van der Waals surface area contributed by atoms with E-state index in [9.17, 15) is 22.7 Å². The van der Waals surface area contributed by atoms with Gasteiger partial charge in [-0.3, -0.25) is 10.2 Å². The standard InChI is InChI=1S/C20H22F4N4O2/c1-27(2)19(13-4-3-5-14(21)8-13)10-18(11-19)12-28(17(29)26-18)16-7-6-15(9-25-16)30-20(22,23)24/h3-9,17,26,29H,10-12H2,1-2H3/t17?,18-,19+. The summed E-state index contributed by atoms with van der Waals surface area (Å²) in [6, 6.07) is 9.02. The molecule has 1 spiro atoms. The number of rotatable bonds is 4. The van der Waals surface area contributed by atoms with Crippen molar-refractivity contribution in [3.8, 4) is 5.75 Å². The lowest BCUT2D eigenvalue weighted by Gasteiger charge is -2.58. The first kappa shape index (κ1) is 20.8. The first-order chi connectivity index (χ1) is 14.0. The number of nitrogens with zero attached hydrogens (tertiary/aromatic N) is 3. The van der Waals surface area contributed by atoms with E-state index in [2.05, 4.69) is 15.0 Å². The summed E-state index contributed by atoms with van der Waals surface area (Å²) in [7, 11) is 3.86. The Morgan fingerprint density at radius 2 is 1.97 bits per heavy atom. The fourth-order valence-electron chi connectivity index (χ4n) is 4.59. The number of hydrogen-bond donors (Lipinski definition) is 2. The van der Waals surface area contributed by atoms with Crippen LogP contribution in [-0.4, -0.2) is 53.9 Å². The summed E-state index contributed by atoms with van der Waals surface area (Å²) in [4.78, 5) is 7.63. The van der Waals surface area contributed by atoms with Gasteiger partial charge in [-0.15, -0.1) is 13.2 Å². The first-order valence-electron chi connectivity index (χ1n) is 9.40. The zero-order chi connectivity index (χ0) is 21.7. The van der Waals surface area contributed by atoms with Crippen LogP contribution in [0.1, 0.15) is 18.4 Å². The molecule has 2 aliphatic rings. The highest BCUT2D eigenvalue weighted by Gasteiger charge is 2.61. The van der Waals surface area contributed by atoms with E-state index in [0.29, 0.717) is 25.2 Å². The fourth-order valence-corrected chi connectivity index (χ4v) is 4.59. The van der Waals surface area contributed by atoms with Gasteiger partial charge in [-0.25, -0.2) is 9.37 Å². The Hall–Kier alpha value is -2.43. The van der Waals surface area contributed by atoms with E-state index in [1.807, 2.05) is 25.1 Å². The van der Waals surface area contributed by atoms with E-state index >= 15 is 0 Å². The van der Waals surface area contributed by atoms with Crippen LogP contribution in [0.25, 0.3) is 0 Å². The van der Waals surface area contributed by atoms with Gasteiger partial charge in [0, 0.05) is 17.6 Å². The predicted molar refractivity (Wildman–Crippen MR) is 101 cm³/mol. The van der Waals surface area contributed by atoms with Gasteiger partial charge in [0.25, 0.3) is 0 Å². The minimum absolute atomic E-state index is 0.305. The van der Waals surface area contributed by atoms with Crippen LogP contribution in [-0.2, 0) is 5.54 Å². The van der Waals surface area contributed by atoms with Crippen molar-refractivity contribution in [2.24, 2.45) is 0 Å². The molecule has 2 fully saturated rings. The lowest BCUT2D eigenvalue weighted by Crippen LogP contribution is -2.67. The quantitative estimate of drug-likeness (QED) is 0.734. The predicted octanol–water partition coefficient (Wildman–Crippen LogP) is 2.79. The van der Waals surface area contributed by atoms with E-state index in [4.69, 9.17) is 0 Å². The van der Waals surface area contributed by atoms with Crippen LogP contribution in [0.2, 0.25) is 0 Å². The molecule has 2 N–H and O–H groups in total. The van der Waals surface area contributed by atoms with Crippen LogP contribution >= 0.6 is 0 Å². The molecule has 6 nitrogen and oxygen atoms in total. The number of pyridine rings is 1. The van der Waals surface area contributed by atoms with Gasteiger partial charge in [-0.2, -0.15) is 0 Å². The molecule has 10 heteroatoms. The highest BCUT2D eigenvalue weighted by atomic mass is 19.4. The number of aliphatic hydroxyl groups is 1. The summed E-state index contributed by atoms with van der Waals surface area (Å²) >= 11 is 0. The second kappa shape index (κ2) is 7.07. The zero-order valence-electron chi connectivity index (χ0n) is 16.4. The van der Waals surface area contributed by atoms with Crippen LogP contribution in [0.4, 0.5) is 23.4 Å². The van der Waals surface area contributed by atoms with Crippen molar-refractivity contribution in [1.82, 2.24) is 15.2 Å². The van der Waals surface area contributed by atoms with Gasteiger partial charge in [0.15, 0.2) is 6.35 Å². The van der Waals surface area contributed by atoms with Crippen molar-refractivity contribution in [3.05, 3.63) is 54.0 Å². The Kier molecular flexibility index (Phi) is 4.91. The van der Waals surface area contributed by atoms with Crippen LogP contribution < -0.4 is 15.0 Å². The van der Waals surface area contributed by atoms with Crippen LogP contribution in [0.15, 0.2) is 42.6 Å². The Balaban J connectivity index is 1.51. The van der Waals surface area contributed by atoms with Gasteiger partial charge in [-0.1, -0.05) is 12.1 Å². The van der Waals surface area contributed by atoms with Gasteiger partial charge < -0.3 is 14.7 Å². The second-order valence-electron chi connectivity index (χ2n) is 8.12. The van der Waals surface area contributed by atoms with E-state index in [1.54, 1.807) is 11.0 Å². The third-order valence-corrected chi connectivity index (χ3v) is 5.93. The molecule has 0 radical (unpaired) electrons. The van der Waals surface area contributed by atoms with Crippen molar-refractivity contribution in [1.29, 1.82) is 0 Å². The van der Waals surface area contributed by atoms with Crippen molar-refractivity contribution in [2.75, 3.05) is 25.5 Å². The molecule has 1 saturated heterocycles. The molecule has 2 aromatic rings. The summed E-state index contributed by atoms with van der Waals surface area (Å²) in [5.74, 6) is -0.403. The Morgan fingerprint density at radius 3 is 2.53 bits per heavy atom. The third kappa shape index (κ3) is 3.70. The maximum Gasteiger partial charge on any atom is 0.573 e. The van der Waals surface area contributed by atoms with Gasteiger partial charge in [0.2, 0.25) is 0 Å². The van der Waals surface area contributed by atoms with E-state index in [0.717, 1.165) is 17.8 Å². The maximum atomic E-state index is 13.8. The second-order valence-corrected chi connectivity index (χ2v) is 8.12. The van der Waals surface area contributed by atoms with Gasteiger partial charge >= 0.3 is 6.36 Å². The third-order valence-electron chi connectivity index (χ3n) is 5.93. The van der Waals surface area contributed by atoms with Crippen molar-refractivity contribution >= 4 is 5.82 Å². The average molecular weight is 426 g/mol. The van der Waals surface area contributed by atoms with E-state index < -0.39 is 24.0 Å². The molecule has 2 heterocycles. The highest BCUT2D eigenvalue weighted by Crippen LogP contribution is 2.54. The topological polar surface area (TPSA) is 60.9 Å². The number of aromatic nitrogens is 1. The molecule has 1 aromatic heterocycles. The molecule has 1 saturated carbocycles. The largest absolute Gasteiger partial charge is 0.573 e. The smallest absolute Gasteiger partial charge is 0.404 e. The molecular weight excluding hydrogens is 404 g/mol. The summed E-state index contributed by atoms with van der Waals surface area (Å²) in [6.07, 6.45) is -3.61. The molecule has 1 atom stereocenters. The summed E-state index contributed by atoms with van der Waals surface area (Å²) < 4.78 is 54.6. The van der Waals surface area contributed by atoms with Crippen molar-refractivity contribution in [3.63, 3.8) is 0 Å². The fraction of sp³-hybridized carbons (Fsp3) is 0.450. The van der Waals surface area contributed by atoms with Gasteiger partial charge in [-0.05, 0) is 56.8 Å². The molecule has 1 aliphatic heterocycles. The lowest BCUT2D eigenvalue weighted by atomic mass is 9.59. The van der Waals surface area contributed by atoms with Gasteiger partial charge in [0.05, 0.1) is 6.20 Å². The van der Waals surface area contributed by atoms with Crippen molar-refractivity contribution in [2.45, 2.75) is 36.6 Å². The molecule has 1 aromatic carbocycles. The maximum absolute atomic E-state index is 13.8. The minimum atomic E-state index is -4.79. The minimum Gasteiger partial charge on any atom is -0.404 e. The number of halogens is 4. The van der Waals surface area contributed by atoms with E-state index in [-0.39, 0.29) is 11.4 Å². The number of nitrogens with one attached hydrogen (secondary N) is 1. The molecular formula is C20H22F4N4O2. The number of anilines is 1.